The Morgan fingerprint density at radius 3 is 2.29 bits per heavy atom. The summed E-state index contributed by atoms with van der Waals surface area (Å²) < 4.78 is 36.5. The third-order valence-electron chi connectivity index (χ3n) is 1.39. The summed E-state index contributed by atoms with van der Waals surface area (Å²) in [6.45, 7) is 4.56. The molecule has 0 aromatic heterocycles. The molecule has 78 valence electrons. The Hall–Kier alpha value is -1.52. The van der Waals surface area contributed by atoms with E-state index in [9.17, 15) is 18.0 Å². The highest BCUT2D eigenvalue weighted by Crippen LogP contribution is 2.26. The van der Waals surface area contributed by atoms with Gasteiger partial charge in [0.25, 0.3) is 0 Å². The molecule has 0 heterocycles. The highest BCUT2D eigenvalue weighted by atomic mass is 19.4. The summed E-state index contributed by atoms with van der Waals surface area (Å²) in [6.07, 6.45) is -1.30. The highest BCUT2D eigenvalue weighted by molar-refractivity contribution is 5.52. The number of allylic oxidation sites excluding steroid dienone is 4. The Morgan fingerprint density at radius 2 is 2.00 bits per heavy atom. The third-order valence-corrected chi connectivity index (χ3v) is 1.39. The van der Waals surface area contributed by atoms with Crippen LogP contribution in [-0.2, 0) is 4.79 Å². The minimum absolute atomic E-state index is 0.0761. The van der Waals surface area contributed by atoms with Crippen molar-refractivity contribution >= 4 is 6.41 Å². The van der Waals surface area contributed by atoms with E-state index in [4.69, 9.17) is 0 Å². The smallest absolute Gasteiger partial charge is 0.329 e. The largest absolute Gasteiger partial charge is 0.416 e. The highest BCUT2D eigenvalue weighted by Gasteiger charge is 2.31. The van der Waals surface area contributed by atoms with Gasteiger partial charge in [-0.3, -0.25) is 4.79 Å². The Morgan fingerprint density at radius 1 is 1.43 bits per heavy atom. The third kappa shape index (κ3) is 3.93. The summed E-state index contributed by atoms with van der Waals surface area (Å²) >= 11 is 0. The van der Waals surface area contributed by atoms with Crippen molar-refractivity contribution in [3.05, 3.63) is 36.1 Å². The van der Waals surface area contributed by atoms with E-state index in [1.165, 1.54) is 13.0 Å². The predicted octanol–water partition coefficient (Wildman–Crippen LogP) is 2.31. The quantitative estimate of drug-likeness (QED) is 0.553. The maximum Gasteiger partial charge on any atom is 0.416 e. The Kier molecular flexibility index (Phi) is 4.69. The van der Waals surface area contributed by atoms with Crippen molar-refractivity contribution in [2.45, 2.75) is 13.1 Å². The van der Waals surface area contributed by atoms with Gasteiger partial charge in [-0.25, -0.2) is 0 Å². The molecule has 0 aromatic carbocycles. The molecule has 0 unspecified atom stereocenters. The first-order valence-electron chi connectivity index (χ1n) is 3.73. The van der Waals surface area contributed by atoms with Gasteiger partial charge < -0.3 is 5.32 Å². The fourth-order valence-corrected chi connectivity index (χ4v) is 0.700. The van der Waals surface area contributed by atoms with Crippen LogP contribution >= 0.6 is 0 Å². The zero-order valence-corrected chi connectivity index (χ0v) is 7.56. The van der Waals surface area contributed by atoms with Gasteiger partial charge in [0.15, 0.2) is 0 Å². The fraction of sp³-hybridized carbons (Fsp3) is 0.222. The molecule has 0 aliphatic heterocycles. The molecule has 2 nitrogen and oxygen atoms in total. The molecule has 0 radical (unpaired) electrons. The van der Waals surface area contributed by atoms with Crippen molar-refractivity contribution in [1.82, 2.24) is 5.32 Å². The molecule has 0 saturated carbocycles. The molecule has 5 heteroatoms. The fourth-order valence-electron chi connectivity index (χ4n) is 0.700. The van der Waals surface area contributed by atoms with Gasteiger partial charge in [0.05, 0.1) is 5.57 Å². The number of hydrogen-bond donors (Lipinski definition) is 1. The lowest BCUT2D eigenvalue weighted by Gasteiger charge is -2.08. The van der Waals surface area contributed by atoms with Crippen LogP contribution in [0.1, 0.15) is 6.92 Å². The molecule has 0 aromatic rings. The number of rotatable bonds is 4. The van der Waals surface area contributed by atoms with Crippen molar-refractivity contribution in [1.29, 1.82) is 0 Å². The van der Waals surface area contributed by atoms with E-state index in [0.29, 0.717) is 12.5 Å². The van der Waals surface area contributed by atoms with Crippen molar-refractivity contribution in [3.63, 3.8) is 0 Å². The minimum Gasteiger partial charge on any atom is -0.329 e. The monoisotopic (exact) mass is 205 g/mol. The number of hydrogen-bond acceptors (Lipinski definition) is 1. The van der Waals surface area contributed by atoms with Crippen LogP contribution < -0.4 is 5.32 Å². The second-order valence-electron chi connectivity index (χ2n) is 2.31. The van der Waals surface area contributed by atoms with Gasteiger partial charge >= 0.3 is 6.18 Å². The SMILES string of the molecule is C=C/C(=C\C(=C/C)NC=O)C(F)(F)F. The Labute approximate surface area is 79.8 Å². The average molecular weight is 205 g/mol. The molecule has 0 aliphatic carbocycles. The molecule has 1 N–H and O–H groups in total. The number of carbonyl (C=O) groups is 1. The predicted molar refractivity (Wildman–Crippen MR) is 47.3 cm³/mol. The maximum atomic E-state index is 12.2. The lowest BCUT2D eigenvalue weighted by Crippen LogP contribution is -2.14. The molecule has 0 fully saturated rings. The van der Waals surface area contributed by atoms with Crippen LogP contribution in [0.25, 0.3) is 0 Å². The molecular weight excluding hydrogens is 195 g/mol. The lowest BCUT2D eigenvalue weighted by atomic mass is 10.2. The zero-order chi connectivity index (χ0) is 11.2. The summed E-state index contributed by atoms with van der Waals surface area (Å²) in [5.74, 6) is 0. The zero-order valence-electron chi connectivity index (χ0n) is 7.56. The molecule has 0 bridgehead atoms. The number of nitrogens with one attached hydrogen (secondary N) is 1. The normalized spacial score (nSPS) is 13.7. The van der Waals surface area contributed by atoms with Crippen molar-refractivity contribution in [3.8, 4) is 0 Å². The average Bonchev–Trinajstić information content (AvgIpc) is 2.10. The number of amides is 1. The molecule has 0 aliphatic rings. The Bertz CT molecular complexity index is 276. The molecule has 0 saturated heterocycles. The van der Waals surface area contributed by atoms with Crippen LogP contribution in [-0.4, -0.2) is 12.6 Å². The summed E-state index contributed by atoms with van der Waals surface area (Å²) in [7, 11) is 0. The van der Waals surface area contributed by atoms with Crippen LogP contribution in [0, 0.1) is 0 Å². The summed E-state index contributed by atoms with van der Waals surface area (Å²) in [5, 5.41) is 2.13. The number of carbonyl (C=O) groups excluding carboxylic acids is 1. The molecule has 1 amide bonds. The number of alkyl halides is 3. The minimum atomic E-state index is -4.46. The van der Waals surface area contributed by atoms with E-state index >= 15 is 0 Å². The molecule has 0 atom stereocenters. The van der Waals surface area contributed by atoms with E-state index < -0.39 is 11.7 Å². The van der Waals surface area contributed by atoms with Gasteiger partial charge in [-0.05, 0) is 13.0 Å². The summed E-state index contributed by atoms with van der Waals surface area (Å²) in [5.41, 5.74) is -0.827. The van der Waals surface area contributed by atoms with Gasteiger partial charge in [-0.2, -0.15) is 13.2 Å². The lowest BCUT2D eigenvalue weighted by molar-refractivity contribution is -0.109. The first-order valence-corrected chi connectivity index (χ1v) is 3.73. The van der Waals surface area contributed by atoms with Gasteiger partial charge in [0, 0.05) is 5.70 Å². The van der Waals surface area contributed by atoms with Crippen LogP contribution in [0.15, 0.2) is 36.1 Å². The van der Waals surface area contributed by atoms with Crippen LogP contribution in [0.5, 0.6) is 0 Å². The first kappa shape index (κ1) is 12.5. The maximum absolute atomic E-state index is 12.2. The van der Waals surface area contributed by atoms with Crippen LogP contribution in [0.3, 0.4) is 0 Å². The van der Waals surface area contributed by atoms with Crippen LogP contribution in [0.4, 0.5) is 13.2 Å². The van der Waals surface area contributed by atoms with Crippen molar-refractivity contribution in [2.24, 2.45) is 0 Å². The second-order valence-corrected chi connectivity index (χ2v) is 2.31. The summed E-state index contributed by atoms with van der Waals surface area (Å²) in [6, 6.07) is 0. The molecule has 14 heavy (non-hydrogen) atoms. The first-order chi connectivity index (χ1) is 6.45. The summed E-state index contributed by atoms with van der Waals surface area (Å²) in [4.78, 5) is 10.0. The standard InChI is InChI=1S/C9H10F3NO/c1-3-7(9(10,11)12)5-8(4-2)13-6-14/h3-6H,1H2,2H3,(H,13,14)/b7-5+,8-4+. The number of halogens is 3. The van der Waals surface area contributed by atoms with Crippen LogP contribution in [0.2, 0.25) is 0 Å². The second kappa shape index (κ2) is 5.26. The van der Waals surface area contributed by atoms with E-state index in [1.807, 2.05) is 0 Å². The molecular formula is C9H10F3NO. The molecule has 0 spiro atoms. The molecule has 0 rings (SSSR count). The van der Waals surface area contributed by atoms with Gasteiger partial charge in [0.2, 0.25) is 6.41 Å². The van der Waals surface area contributed by atoms with E-state index in [1.54, 1.807) is 0 Å². The van der Waals surface area contributed by atoms with E-state index in [0.717, 1.165) is 6.08 Å². The van der Waals surface area contributed by atoms with Crippen molar-refractivity contribution < 1.29 is 18.0 Å². The van der Waals surface area contributed by atoms with Crippen molar-refractivity contribution in [2.75, 3.05) is 0 Å². The topological polar surface area (TPSA) is 29.1 Å². The van der Waals surface area contributed by atoms with Gasteiger partial charge in [0.1, 0.15) is 0 Å². The van der Waals surface area contributed by atoms with Gasteiger partial charge in [-0.15, -0.1) is 0 Å². The Balaban J connectivity index is 4.92. The van der Waals surface area contributed by atoms with Gasteiger partial charge in [-0.1, -0.05) is 18.7 Å². The van der Waals surface area contributed by atoms with E-state index in [-0.39, 0.29) is 5.70 Å². The van der Waals surface area contributed by atoms with E-state index in [2.05, 4.69) is 11.9 Å².